The van der Waals surface area contributed by atoms with Gasteiger partial charge in [-0.1, -0.05) is 0 Å². The summed E-state index contributed by atoms with van der Waals surface area (Å²) < 4.78 is 21.1. The highest BCUT2D eigenvalue weighted by atomic mass is 32.2. The molecule has 0 radical (unpaired) electrons. The van der Waals surface area contributed by atoms with Gasteiger partial charge in [-0.3, -0.25) is 0 Å². The van der Waals surface area contributed by atoms with E-state index in [1.165, 1.54) is 12.8 Å². The minimum Gasteiger partial charge on any atom is -0.314 e. The first kappa shape index (κ1) is 11.9. The maximum absolute atomic E-state index is 10.6. The SMILES string of the molecule is CN(CCNCCS(N)(=O)=O)C1CC1. The van der Waals surface area contributed by atoms with Crippen molar-refractivity contribution in [2.45, 2.75) is 18.9 Å². The van der Waals surface area contributed by atoms with Gasteiger partial charge in [-0.2, -0.15) is 0 Å². The van der Waals surface area contributed by atoms with E-state index in [2.05, 4.69) is 17.3 Å². The van der Waals surface area contributed by atoms with Crippen LogP contribution in [0.15, 0.2) is 0 Å². The molecule has 0 saturated heterocycles. The number of nitrogens with two attached hydrogens (primary N) is 1. The third-order valence-corrected chi connectivity index (χ3v) is 3.15. The van der Waals surface area contributed by atoms with Crippen LogP contribution in [0.3, 0.4) is 0 Å². The van der Waals surface area contributed by atoms with E-state index in [0.717, 1.165) is 19.1 Å². The van der Waals surface area contributed by atoms with Gasteiger partial charge in [0.1, 0.15) is 0 Å². The Morgan fingerprint density at radius 2 is 2.07 bits per heavy atom. The van der Waals surface area contributed by atoms with Crippen LogP contribution in [-0.2, 0) is 10.0 Å². The van der Waals surface area contributed by atoms with Gasteiger partial charge in [-0.15, -0.1) is 0 Å². The van der Waals surface area contributed by atoms with Crippen LogP contribution < -0.4 is 10.5 Å². The van der Waals surface area contributed by atoms with Crippen LogP contribution in [0.25, 0.3) is 0 Å². The van der Waals surface area contributed by atoms with Crippen molar-refractivity contribution >= 4 is 10.0 Å². The normalized spacial score (nSPS) is 17.6. The molecule has 0 aromatic carbocycles. The van der Waals surface area contributed by atoms with Crippen molar-refractivity contribution < 1.29 is 8.42 Å². The molecule has 3 N–H and O–H groups in total. The average Bonchev–Trinajstić information content (AvgIpc) is 2.83. The summed E-state index contributed by atoms with van der Waals surface area (Å²) in [5.74, 6) is 0.0140. The van der Waals surface area contributed by atoms with Gasteiger partial charge < -0.3 is 10.2 Å². The Balaban J connectivity index is 1.93. The van der Waals surface area contributed by atoms with Crippen LogP contribution in [0, 0.1) is 0 Å². The van der Waals surface area contributed by atoms with E-state index in [-0.39, 0.29) is 5.75 Å². The highest BCUT2D eigenvalue weighted by Gasteiger charge is 2.25. The van der Waals surface area contributed by atoms with Crippen molar-refractivity contribution in [2.24, 2.45) is 5.14 Å². The van der Waals surface area contributed by atoms with Gasteiger partial charge in [0.15, 0.2) is 0 Å². The number of hydrogen-bond acceptors (Lipinski definition) is 4. The van der Waals surface area contributed by atoms with E-state index in [4.69, 9.17) is 5.14 Å². The lowest BCUT2D eigenvalue weighted by atomic mass is 10.5. The summed E-state index contributed by atoms with van der Waals surface area (Å²) in [5.41, 5.74) is 0. The smallest absolute Gasteiger partial charge is 0.210 e. The first-order valence-electron chi connectivity index (χ1n) is 4.90. The highest BCUT2D eigenvalue weighted by Crippen LogP contribution is 2.24. The fourth-order valence-corrected chi connectivity index (χ4v) is 1.72. The predicted molar refractivity (Wildman–Crippen MR) is 56.5 cm³/mol. The molecule has 0 spiro atoms. The molecule has 0 aromatic heterocycles. The Morgan fingerprint density at radius 3 is 2.57 bits per heavy atom. The zero-order chi connectivity index (χ0) is 10.6. The lowest BCUT2D eigenvalue weighted by Crippen LogP contribution is -2.34. The molecule has 5 nitrogen and oxygen atoms in total. The number of nitrogens with zero attached hydrogens (tertiary/aromatic N) is 1. The van der Waals surface area contributed by atoms with Crippen LogP contribution >= 0.6 is 0 Å². The number of nitrogens with one attached hydrogen (secondary N) is 1. The molecule has 0 aromatic rings. The van der Waals surface area contributed by atoms with Crippen LogP contribution in [0.2, 0.25) is 0 Å². The zero-order valence-electron chi connectivity index (χ0n) is 8.57. The molecule has 84 valence electrons. The Hall–Kier alpha value is -0.170. The van der Waals surface area contributed by atoms with E-state index in [9.17, 15) is 8.42 Å². The molecule has 14 heavy (non-hydrogen) atoms. The summed E-state index contributed by atoms with van der Waals surface area (Å²) >= 11 is 0. The molecule has 1 aliphatic rings. The van der Waals surface area contributed by atoms with Crippen molar-refractivity contribution in [2.75, 3.05) is 32.4 Å². The summed E-state index contributed by atoms with van der Waals surface area (Å²) in [5, 5.41) is 7.91. The lowest BCUT2D eigenvalue weighted by molar-refractivity contribution is 0.323. The van der Waals surface area contributed by atoms with E-state index in [1.54, 1.807) is 0 Å². The van der Waals surface area contributed by atoms with E-state index in [0.29, 0.717) is 6.54 Å². The Kier molecular flexibility index (Phi) is 4.31. The number of likely N-dealkylation sites (N-methyl/N-ethyl adjacent to an activating group) is 1. The summed E-state index contributed by atoms with van der Waals surface area (Å²) in [6.07, 6.45) is 2.60. The second kappa shape index (κ2) is 5.06. The summed E-state index contributed by atoms with van der Waals surface area (Å²) in [4.78, 5) is 2.30. The Bertz CT molecular complexity index is 262. The maximum Gasteiger partial charge on any atom is 0.210 e. The predicted octanol–water partition coefficient (Wildman–Crippen LogP) is -1.04. The van der Waals surface area contributed by atoms with Crippen molar-refractivity contribution in [3.05, 3.63) is 0 Å². The molecular formula is C8H19N3O2S. The molecular weight excluding hydrogens is 202 g/mol. The van der Waals surface area contributed by atoms with Crippen molar-refractivity contribution in [3.63, 3.8) is 0 Å². The average molecular weight is 221 g/mol. The molecule has 0 heterocycles. The maximum atomic E-state index is 10.6. The third-order valence-electron chi connectivity index (χ3n) is 2.37. The molecule has 1 saturated carbocycles. The molecule has 0 aliphatic heterocycles. The highest BCUT2D eigenvalue weighted by molar-refractivity contribution is 7.89. The van der Waals surface area contributed by atoms with Crippen LogP contribution in [0.1, 0.15) is 12.8 Å². The van der Waals surface area contributed by atoms with Gasteiger partial charge >= 0.3 is 0 Å². The zero-order valence-corrected chi connectivity index (χ0v) is 9.39. The first-order valence-corrected chi connectivity index (χ1v) is 6.62. The Morgan fingerprint density at radius 1 is 1.43 bits per heavy atom. The molecule has 0 amide bonds. The second-order valence-electron chi connectivity index (χ2n) is 3.83. The molecule has 0 unspecified atom stereocenters. The van der Waals surface area contributed by atoms with E-state index < -0.39 is 10.0 Å². The molecule has 1 aliphatic carbocycles. The van der Waals surface area contributed by atoms with Gasteiger partial charge in [-0.05, 0) is 19.9 Å². The molecule has 6 heteroatoms. The van der Waals surface area contributed by atoms with E-state index >= 15 is 0 Å². The standard InChI is InChI=1S/C8H19N3O2S/c1-11(8-2-3-8)6-4-10-5-7-14(9,12)13/h8,10H,2-7H2,1H3,(H2,9,12,13). The van der Waals surface area contributed by atoms with Gasteiger partial charge in [0.25, 0.3) is 0 Å². The van der Waals surface area contributed by atoms with Crippen LogP contribution in [0.5, 0.6) is 0 Å². The quantitative estimate of drug-likeness (QED) is 0.538. The van der Waals surface area contributed by atoms with Crippen molar-refractivity contribution in [1.29, 1.82) is 0 Å². The van der Waals surface area contributed by atoms with Gasteiger partial charge in [0, 0.05) is 25.7 Å². The number of rotatable bonds is 7. The topological polar surface area (TPSA) is 75.4 Å². The second-order valence-corrected chi connectivity index (χ2v) is 5.56. The monoisotopic (exact) mass is 221 g/mol. The first-order chi connectivity index (χ1) is 6.49. The largest absolute Gasteiger partial charge is 0.314 e. The van der Waals surface area contributed by atoms with Gasteiger partial charge in [0.2, 0.25) is 10.0 Å². The fraction of sp³-hybridized carbons (Fsp3) is 1.00. The molecule has 1 rings (SSSR count). The fourth-order valence-electron chi connectivity index (χ4n) is 1.29. The summed E-state index contributed by atoms with van der Waals surface area (Å²) in [7, 11) is -1.21. The van der Waals surface area contributed by atoms with Gasteiger partial charge in [0.05, 0.1) is 5.75 Å². The number of sulfonamides is 1. The van der Waals surface area contributed by atoms with Gasteiger partial charge in [-0.25, -0.2) is 13.6 Å². The number of primary sulfonamides is 1. The molecule has 1 fully saturated rings. The molecule has 0 atom stereocenters. The lowest BCUT2D eigenvalue weighted by Gasteiger charge is -2.15. The third kappa shape index (κ3) is 5.54. The summed E-state index contributed by atoms with van der Waals surface area (Å²) in [6, 6.07) is 0.759. The van der Waals surface area contributed by atoms with E-state index in [1.807, 2.05) is 0 Å². The summed E-state index contributed by atoms with van der Waals surface area (Å²) in [6.45, 7) is 2.23. The Labute approximate surface area is 85.7 Å². The minimum atomic E-state index is -3.30. The van der Waals surface area contributed by atoms with Crippen LogP contribution in [-0.4, -0.2) is 51.8 Å². The van der Waals surface area contributed by atoms with Crippen molar-refractivity contribution in [3.8, 4) is 0 Å². The number of hydrogen-bond donors (Lipinski definition) is 2. The van der Waals surface area contributed by atoms with Crippen molar-refractivity contribution in [1.82, 2.24) is 10.2 Å². The minimum absolute atomic E-state index is 0.0140. The van der Waals surface area contributed by atoms with Crippen LogP contribution in [0.4, 0.5) is 0 Å². The molecule has 0 bridgehead atoms.